The fourth-order valence-corrected chi connectivity index (χ4v) is 11.7. The number of amides is 5. The van der Waals surface area contributed by atoms with Crippen LogP contribution in [0.25, 0.3) is 0 Å². The number of benzene rings is 5. The Balaban J connectivity index is 0.944. The van der Waals surface area contributed by atoms with Crippen LogP contribution in [0.1, 0.15) is 165 Å². The zero-order valence-corrected chi connectivity index (χ0v) is 50.9. The second kappa shape index (κ2) is 26.8. The number of carbonyl (C=O) groups excluding carboxylic acids is 6. The van der Waals surface area contributed by atoms with Crippen LogP contribution in [0, 0.1) is 16.7 Å². The lowest BCUT2D eigenvalue weighted by molar-refractivity contribution is -0.141. The highest BCUT2D eigenvalue weighted by molar-refractivity contribution is 5.99. The van der Waals surface area contributed by atoms with Gasteiger partial charge in [-0.25, -0.2) is 9.97 Å². The van der Waals surface area contributed by atoms with Crippen molar-refractivity contribution >= 4 is 35.3 Å². The number of ketones is 1. The summed E-state index contributed by atoms with van der Waals surface area (Å²) in [5, 5.41) is 15.1. The van der Waals surface area contributed by atoms with Gasteiger partial charge in [-0.2, -0.15) is 0 Å². The van der Waals surface area contributed by atoms with Gasteiger partial charge in [0, 0.05) is 36.7 Å². The number of rotatable bonds is 21. The van der Waals surface area contributed by atoms with Gasteiger partial charge in [-0.1, -0.05) is 175 Å². The van der Waals surface area contributed by atoms with Crippen molar-refractivity contribution in [2.75, 3.05) is 27.2 Å². The maximum Gasteiger partial charge on any atom is 0.251 e. The third-order valence-electron chi connectivity index (χ3n) is 16.8. The highest BCUT2D eigenvalue weighted by Gasteiger charge is 2.47. The summed E-state index contributed by atoms with van der Waals surface area (Å²) in [7, 11) is 3.37. The largest absolute Gasteiger partial charge is 0.446 e. The predicted octanol–water partition coefficient (Wildman–Crippen LogP) is 9.54. The highest BCUT2D eigenvalue weighted by Crippen LogP contribution is 2.42. The van der Waals surface area contributed by atoms with E-state index in [4.69, 9.17) is 18.8 Å². The van der Waals surface area contributed by atoms with Crippen molar-refractivity contribution < 1.29 is 37.6 Å². The Morgan fingerprint density at radius 1 is 0.523 bits per heavy atom. The molecule has 0 saturated carbocycles. The van der Waals surface area contributed by atoms with Crippen LogP contribution in [0.5, 0.6) is 0 Å². The van der Waals surface area contributed by atoms with Gasteiger partial charge in [-0.05, 0) is 91.9 Å². The molecular weight excluding hydrogens is 1080 g/mol. The monoisotopic (exact) mass is 1160 g/mol. The molecule has 0 radical (unpaired) electrons. The molecule has 0 bridgehead atoms. The fourth-order valence-electron chi connectivity index (χ4n) is 11.7. The molecule has 7 aromatic rings. The molecule has 2 aliphatic heterocycles. The minimum Gasteiger partial charge on any atom is -0.446 e. The molecule has 2 aliphatic rings. The normalized spacial score (nSPS) is 18.6. The van der Waals surface area contributed by atoms with Gasteiger partial charge >= 0.3 is 0 Å². The van der Waals surface area contributed by atoms with Crippen LogP contribution in [0.3, 0.4) is 0 Å². The number of hydrogen-bond acceptors (Lipinski definition) is 12. The molecule has 86 heavy (non-hydrogen) atoms. The maximum atomic E-state index is 15.0. The van der Waals surface area contributed by atoms with Gasteiger partial charge in [-0.15, -0.1) is 0 Å². The topological polar surface area (TPSA) is 221 Å². The first-order chi connectivity index (χ1) is 41.1. The van der Waals surface area contributed by atoms with Gasteiger partial charge in [-0.3, -0.25) is 28.8 Å². The number of aromatic nitrogens is 2. The molecule has 9 rings (SSSR count). The van der Waals surface area contributed by atoms with E-state index in [1.165, 1.54) is 0 Å². The number of likely N-dealkylation sites (tertiary alicyclic amines) is 2. The molecule has 17 nitrogen and oxygen atoms in total. The third kappa shape index (κ3) is 14.2. The SMILES string of the molecule is CN[C@@H](C)C(=O)N[C@H](C(=O)N1C[C@@H](CC(=O)c2ccc(C(=O)N[C@H]3C[C@@H](c4nc(C(c5ccccc5)c5ccccc5)co4)N(C(=O)[C@@H](NC(=O)[C@H](C)NC)C(C)(C)C)C3)cc2)C[C@H]1c1nc(C(c2ccccc2)c2ccccc2)co1)C(C)(C)C. The van der Waals surface area contributed by atoms with Gasteiger partial charge in [0.2, 0.25) is 35.4 Å². The van der Waals surface area contributed by atoms with E-state index in [0.29, 0.717) is 40.7 Å². The van der Waals surface area contributed by atoms with Gasteiger partial charge in [0.25, 0.3) is 5.91 Å². The Bertz CT molecular complexity index is 3140. The maximum absolute atomic E-state index is 15.0. The summed E-state index contributed by atoms with van der Waals surface area (Å²) >= 11 is 0. The van der Waals surface area contributed by atoms with Crippen LogP contribution >= 0.6 is 0 Å². The van der Waals surface area contributed by atoms with Crippen LogP contribution in [-0.2, 0) is 19.2 Å². The summed E-state index contributed by atoms with van der Waals surface area (Å²) in [6.45, 7) is 15.2. The Kier molecular flexibility index (Phi) is 19.3. The molecule has 4 heterocycles. The van der Waals surface area contributed by atoms with E-state index in [-0.39, 0.29) is 73.1 Å². The number of hydrogen-bond donors (Lipinski definition) is 5. The molecule has 0 aliphatic carbocycles. The van der Waals surface area contributed by atoms with Gasteiger partial charge in [0.15, 0.2) is 5.78 Å². The highest BCUT2D eigenvalue weighted by atomic mass is 16.3. The Morgan fingerprint density at radius 2 is 0.895 bits per heavy atom. The van der Waals surface area contributed by atoms with E-state index in [0.717, 1.165) is 22.3 Å². The fraction of sp³-hybridized carbons (Fsp3) is 0.391. The first-order valence-electron chi connectivity index (χ1n) is 29.7. The molecule has 8 atom stereocenters. The number of oxazole rings is 2. The summed E-state index contributed by atoms with van der Waals surface area (Å²) in [6, 6.07) is 41.7. The number of nitrogens with one attached hydrogen (secondary N) is 5. The molecule has 2 fully saturated rings. The minimum absolute atomic E-state index is 0.0799. The number of nitrogens with zero attached hydrogens (tertiary/aromatic N) is 4. The molecule has 5 amide bonds. The molecule has 5 aromatic carbocycles. The first-order valence-corrected chi connectivity index (χ1v) is 29.7. The second-order valence-corrected chi connectivity index (χ2v) is 25.1. The quantitative estimate of drug-likeness (QED) is 0.0425. The molecule has 0 unspecified atom stereocenters. The lowest BCUT2D eigenvalue weighted by atomic mass is 9.85. The standard InChI is InChI=1S/C69H81N9O8/c1-42(70-9)61(80)75-59(68(3,4)5)66(83)77-38-44(35-54(77)64-73-52(40-85-64)57(46-23-15-11-16-24-46)47-25-17-12-18-26-47)36-56(79)45-31-33-50(34-32-45)63(82)72-51-37-55(78(39-51)67(84)60(69(6,7)8)76-62(81)43(2)71-10)65-74-53(41-86-65)58(48-27-19-13-20-28-48)49-29-21-14-22-30-49/h11-34,40-44,51,54-55,57-60,70-71H,35-39H2,1-10H3,(H,72,82)(H,75,80)(H,76,81)/t42-,43-,44+,51-,54-,55-,59+,60+/m0/s1. The molecule has 2 aromatic heterocycles. The predicted molar refractivity (Wildman–Crippen MR) is 329 cm³/mol. The zero-order chi connectivity index (χ0) is 61.5. The third-order valence-corrected chi connectivity index (χ3v) is 16.8. The van der Waals surface area contributed by atoms with E-state index in [9.17, 15) is 28.8 Å². The summed E-state index contributed by atoms with van der Waals surface area (Å²) in [6.07, 6.45) is 3.99. The van der Waals surface area contributed by atoms with E-state index < -0.39 is 59.0 Å². The van der Waals surface area contributed by atoms with Crippen molar-refractivity contribution in [3.8, 4) is 0 Å². The molecule has 2 saturated heterocycles. The van der Waals surface area contributed by atoms with Gasteiger partial charge in [0.1, 0.15) is 36.7 Å². The van der Waals surface area contributed by atoms with Gasteiger partial charge in [0.05, 0.1) is 35.3 Å². The molecule has 17 heteroatoms. The Morgan fingerprint density at radius 3 is 1.28 bits per heavy atom. The molecular formula is C69H81N9O8. The van der Waals surface area contributed by atoms with E-state index in [1.54, 1.807) is 74.5 Å². The lowest BCUT2D eigenvalue weighted by Crippen LogP contribution is -2.57. The van der Waals surface area contributed by atoms with E-state index >= 15 is 0 Å². The van der Waals surface area contributed by atoms with Crippen molar-refractivity contribution in [1.82, 2.24) is 46.4 Å². The van der Waals surface area contributed by atoms with E-state index in [2.05, 4.69) is 26.6 Å². The summed E-state index contributed by atoms with van der Waals surface area (Å²) in [5.74, 6) is -2.08. The zero-order valence-electron chi connectivity index (χ0n) is 50.9. The molecule has 0 spiro atoms. The lowest BCUT2D eigenvalue weighted by Gasteiger charge is -2.35. The van der Waals surface area contributed by atoms with Crippen molar-refractivity contribution in [3.05, 3.63) is 215 Å². The minimum atomic E-state index is -0.935. The average molecular weight is 1160 g/mol. The number of likely N-dealkylation sites (N-methyl/N-ethyl adjacent to an activating group) is 2. The number of carbonyl (C=O) groups is 6. The summed E-state index contributed by atoms with van der Waals surface area (Å²) < 4.78 is 12.7. The van der Waals surface area contributed by atoms with Crippen LogP contribution in [0.15, 0.2) is 167 Å². The van der Waals surface area contributed by atoms with Crippen LogP contribution in [-0.4, -0.2) is 112 Å². The second-order valence-electron chi connectivity index (χ2n) is 25.1. The van der Waals surface area contributed by atoms with Crippen molar-refractivity contribution in [2.24, 2.45) is 16.7 Å². The smallest absolute Gasteiger partial charge is 0.251 e. The molecule has 450 valence electrons. The average Bonchev–Trinajstić information content (AvgIpc) is 1.91. The van der Waals surface area contributed by atoms with Crippen LogP contribution in [0.2, 0.25) is 0 Å². The summed E-state index contributed by atoms with van der Waals surface area (Å²) in [4.78, 5) is 98.9. The Hall–Kier alpha value is -8.54. The first kappa shape index (κ1) is 62.0. The number of Topliss-reactive ketones (excluding diaryl/α,β-unsaturated/α-hetero) is 1. The van der Waals surface area contributed by atoms with Crippen LogP contribution < -0.4 is 26.6 Å². The van der Waals surface area contributed by atoms with Crippen molar-refractivity contribution in [2.45, 2.75) is 129 Å². The van der Waals surface area contributed by atoms with E-state index in [1.807, 2.05) is 163 Å². The summed E-state index contributed by atoms with van der Waals surface area (Å²) in [5.41, 5.74) is 4.69. The Labute approximate surface area is 504 Å². The van der Waals surface area contributed by atoms with Gasteiger partial charge < -0.3 is 45.2 Å². The van der Waals surface area contributed by atoms with Crippen LogP contribution in [0.4, 0.5) is 0 Å². The molecule has 5 N–H and O–H groups in total. The van der Waals surface area contributed by atoms with Crippen molar-refractivity contribution in [3.63, 3.8) is 0 Å². The van der Waals surface area contributed by atoms with Crippen molar-refractivity contribution in [1.29, 1.82) is 0 Å².